The van der Waals surface area contributed by atoms with Gasteiger partial charge in [-0.1, -0.05) is 20.8 Å². The fourth-order valence-corrected chi connectivity index (χ4v) is 1.43. The van der Waals surface area contributed by atoms with Gasteiger partial charge in [-0.25, -0.2) is 0 Å². The minimum Gasteiger partial charge on any atom is -0.344 e. The van der Waals surface area contributed by atoms with Gasteiger partial charge in [-0.05, 0) is 19.3 Å². The van der Waals surface area contributed by atoms with Crippen molar-refractivity contribution in [2.45, 2.75) is 64.8 Å². The Labute approximate surface area is 115 Å². The summed E-state index contributed by atoms with van der Waals surface area (Å²) in [6.07, 6.45) is 2.08. The predicted octanol–water partition coefficient (Wildman–Crippen LogP) is 1.33. The van der Waals surface area contributed by atoms with E-state index in [4.69, 9.17) is 29.5 Å². The third-order valence-corrected chi connectivity index (χ3v) is 2.34. The van der Waals surface area contributed by atoms with Crippen molar-refractivity contribution in [3.63, 3.8) is 0 Å². The van der Waals surface area contributed by atoms with Gasteiger partial charge < -0.3 is 29.5 Å². The third-order valence-electron chi connectivity index (χ3n) is 2.34. The Morgan fingerprint density at radius 3 is 1.32 bits per heavy atom. The second kappa shape index (κ2) is 9.63. The molecule has 0 spiro atoms. The van der Waals surface area contributed by atoms with Gasteiger partial charge in [-0.3, -0.25) is 0 Å². The number of hydrogen-bond donors (Lipinski definition) is 3. The topological polar surface area (TPSA) is 88.4 Å². The lowest BCUT2D eigenvalue weighted by Crippen LogP contribution is -2.43. The van der Waals surface area contributed by atoms with Gasteiger partial charge in [0.25, 0.3) is 11.9 Å². The Morgan fingerprint density at radius 1 is 0.684 bits per heavy atom. The molecule has 0 aliphatic rings. The van der Waals surface area contributed by atoms with E-state index in [1.807, 2.05) is 20.8 Å². The fourth-order valence-electron chi connectivity index (χ4n) is 1.43. The largest absolute Gasteiger partial charge is 0.344 e. The van der Waals surface area contributed by atoms with E-state index in [1.165, 1.54) is 0 Å². The molecule has 0 aliphatic heterocycles. The molecule has 0 saturated carbocycles. The first-order valence-corrected chi connectivity index (χ1v) is 6.98. The van der Waals surface area contributed by atoms with Crippen LogP contribution in [0.2, 0.25) is 0 Å². The van der Waals surface area contributed by atoms with Crippen LogP contribution in [0.25, 0.3) is 0 Å². The zero-order valence-corrected chi connectivity index (χ0v) is 12.2. The highest BCUT2D eigenvalue weighted by atomic mass is 16.9. The smallest absolute Gasteiger partial charge is 0.283 e. The van der Waals surface area contributed by atoms with E-state index in [0.29, 0.717) is 19.8 Å². The van der Waals surface area contributed by atoms with Crippen LogP contribution in [0.4, 0.5) is 0 Å². The van der Waals surface area contributed by atoms with Crippen molar-refractivity contribution in [1.29, 1.82) is 0 Å². The van der Waals surface area contributed by atoms with Crippen LogP contribution in [-0.2, 0) is 14.2 Å². The normalized spacial score (nSPS) is 12.9. The molecule has 0 fully saturated rings. The molecule has 6 nitrogen and oxygen atoms in total. The third kappa shape index (κ3) is 9.32. The fraction of sp³-hybridized carbons (Fsp3) is 1.00. The van der Waals surface area contributed by atoms with Crippen molar-refractivity contribution in [3.05, 3.63) is 0 Å². The molecule has 3 N–H and O–H groups in total. The van der Waals surface area contributed by atoms with Gasteiger partial charge >= 0.3 is 0 Å². The lowest BCUT2D eigenvalue weighted by atomic mass is 10.2. The van der Waals surface area contributed by atoms with Crippen LogP contribution in [0.5, 0.6) is 0 Å². The van der Waals surface area contributed by atoms with Crippen LogP contribution in [-0.4, -0.2) is 47.1 Å². The lowest BCUT2D eigenvalue weighted by molar-refractivity contribution is -0.398. The summed E-state index contributed by atoms with van der Waals surface area (Å²) in [6.45, 7) is 7.17. The summed E-state index contributed by atoms with van der Waals surface area (Å²) in [5.74, 6) is -4.06. The Bertz CT molecular complexity index is 192. The molecule has 0 unspecified atom stereocenters. The SMILES string of the molecule is CCCOC(CCC(O)(O)O)(OCCC)OCCC. The number of rotatable bonds is 12. The Morgan fingerprint density at radius 2 is 1.05 bits per heavy atom. The van der Waals surface area contributed by atoms with Crippen molar-refractivity contribution in [3.8, 4) is 0 Å². The van der Waals surface area contributed by atoms with Gasteiger partial charge in [-0.15, -0.1) is 0 Å². The van der Waals surface area contributed by atoms with E-state index in [9.17, 15) is 0 Å². The highest BCUT2D eigenvalue weighted by Crippen LogP contribution is 2.25. The van der Waals surface area contributed by atoms with Gasteiger partial charge in [0.2, 0.25) is 0 Å². The maximum absolute atomic E-state index is 9.00. The number of aliphatic hydroxyl groups is 3. The maximum Gasteiger partial charge on any atom is 0.283 e. The molecule has 0 aromatic carbocycles. The molecular formula is C13H28O6. The molecule has 0 rings (SSSR count). The number of hydrogen-bond acceptors (Lipinski definition) is 6. The molecule has 0 saturated heterocycles. The van der Waals surface area contributed by atoms with Gasteiger partial charge in [0.15, 0.2) is 0 Å². The Kier molecular flexibility index (Phi) is 9.51. The molecule has 0 aromatic heterocycles. The van der Waals surface area contributed by atoms with Crippen LogP contribution in [0.15, 0.2) is 0 Å². The summed E-state index contributed by atoms with van der Waals surface area (Å²) < 4.78 is 16.8. The van der Waals surface area contributed by atoms with Crippen LogP contribution in [0.1, 0.15) is 52.9 Å². The molecule has 19 heavy (non-hydrogen) atoms. The average Bonchev–Trinajstić information content (AvgIpc) is 2.36. The summed E-state index contributed by atoms with van der Waals surface area (Å²) in [5, 5.41) is 27.0. The van der Waals surface area contributed by atoms with Crippen molar-refractivity contribution >= 4 is 0 Å². The van der Waals surface area contributed by atoms with E-state index in [0.717, 1.165) is 19.3 Å². The first kappa shape index (κ1) is 18.8. The zero-order valence-electron chi connectivity index (χ0n) is 12.2. The molecule has 0 radical (unpaired) electrons. The van der Waals surface area contributed by atoms with E-state index in [2.05, 4.69) is 0 Å². The monoisotopic (exact) mass is 280 g/mol. The highest BCUT2D eigenvalue weighted by molar-refractivity contribution is 4.62. The minimum atomic E-state index is -2.74. The van der Waals surface area contributed by atoms with Gasteiger partial charge in [0.05, 0.1) is 19.8 Å². The highest BCUT2D eigenvalue weighted by Gasteiger charge is 2.36. The first-order valence-electron chi connectivity index (χ1n) is 6.98. The van der Waals surface area contributed by atoms with Crippen LogP contribution >= 0.6 is 0 Å². The second-order valence-corrected chi connectivity index (χ2v) is 4.50. The molecule has 116 valence electrons. The van der Waals surface area contributed by atoms with E-state index < -0.39 is 11.9 Å². The Balaban J connectivity index is 4.66. The minimum absolute atomic E-state index is 0.0382. The molecular weight excluding hydrogens is 252 g/mol. The summed E-state index contributed by atoms with van der Waals surface area (Å²) in [4.78, 5) is 0. The quantitative estimate of drug-likeness (QED) is 0.467. The zero-order chi connectivity index (χ0) is 14.8. The molecule has 0 aromatic rings. The molecule has 0 heterocycles. The molecule has 0 amide bonds. The van der Waals surface area contributed by atoms with Crippen LogP contribution in [0.3, 0.4) is 0 Å². The van der Waals surface area contributed by atoms with Crippen molar-refractivity contribution in [1.82, 2.24) is 0 Å². The van der Waals surface area contributed by atoms with Crippen molar-refractivity contribution in [2.24, 2.45) is 0 Å². The van der Waals surface area contributed by atoms with Crippen molar-refractivity contribution in [2.75, 3.05) is 19.8 Å². The predicted molar refractivity (Wildman–Crippen MR) is 70.1 cm³/mol. The van der Waals surface area contributed by atoms with Gasteiger partial charge in [0.1, 0.15) is 0 Å². The van der Waals surface area contributed by atoms with Gasteiger partial charge in [-0.2, -0.15) is 0 Å². The first-order chi connectivity index (χ1) is 8.89. The maximum atomic E-state index is 9.00. The summed E-state index contributed by atoms with van der Waals surface area (Å²) in [6, 6.07) is 0. The van der Waals surface area contributed by atoms with Gasteiger partial charge in [0, 0.05) is 12.8 Å². The molecule has 0 atom stereocenters. The van der Waals surface area contributed by atoms with Crippen molar-refractivity contribution < 1.29 is 29.5 Å². The second-order valence-electron chi connectivity index (χ2n) is 4.50. The van der Waals surface area contributed by atoms with E-state index >= 15 is 0 Å². The summed E-state index contributed by atoms with van der Waals surface area (Å²) in [7, 11) is 0. The lowest BCUT2D eigenvalue weighted by Gasteiger charge is -2.34. The van der Waals surface area contributed by atoms with Crippen LogP contribution in [0, 0.1) is 0 Å². The summed E-state index contributed by atoms with van der Waals surface area (Å²) in [5.41, 5.74) is 0. The number of ether oxygens (including phenoxy) is 3. The summed E-state index contributed by atoms with van der Waals surface area (Å²) >= 11 is 0. The Hall–Kier alpha value is -0.240. The molecule has 0 bridgehead atoms. The standard InChI is InChI=1S/C13H28O6/c1-4-9-17-13(18-10-5-2,19-11-6-3)8-7-12(14,15)16/h14-16H,4-11H2,1-3H3. The molecule has 6 heteroatoms. The van der Waals surface area contributed by atoms with Crippen LogP contribution < -0.4 is 0 Å². The average molecular weight is 280 g/mol. The van der Waals surface area contributed by atoms with E-state index in [1.54, 1.807) is 0 Å². The molecule has 0 aliphatic carbocycles. The van der Waals surface area contributed by atoms with E-state index in [-0.39, 0.29) is 12.8 Å².